The fraction of sp³-hybridized carbons (Fsp3) is 0.741. The summed E-state index contributed by atoms with van der Waals surface area (Å²) in [6.07, 6.45) is -6.00. The van der Waals surface area contributed by atoms with E-state index in [4.69, 9.17) is 23.7 Å². The summed E-state index contributed by atoms with van der Waals surface area (Å²) in [5.74, 6) is -6.40. The Kier molecular flexibility index (Phi) is 6.47. The Morgan fingerprint density at radius 1 is 1.08 bits per heavy atom. The third kappa shape index (κ3) is 3.37. The van der Waals surface area contributed by atoms with Crippen LogP contribution in [0.15, 0.2) is 11.3 Å². The van der Waals surface area contributed by atoms with E-state index in [9.17, 15) is 34.2 Å². The standard InChI is InChI=1S/C27H34O12/c1-6-15(29)38-18-11(3)12-8-14-26-10-36-27(24(34)35-5,21(26)19(23(33)37-14)39-16(30)7-2)22(32)17(31)20(26)25(12,4)9-13(18)28/h12,14,17,19-22,31-32H,6-10H2,1-5H3/t12?,14?,17?,19?,20?,21?,22-,25-,26+,27+/m0/s1. The Balaban J connectivity index is 1.72. The van der Waals surface area contributed by atoms with Gasteiger partial charge >= 0.3 is 23.9 Å². The molecule has 2 saturated carbocycles. The number of fused-ring (bicyclic) bond motifs is 2. The Hall–Kier alpha value is -2.83. The van der Waals surface area contributed by atoms with E-state index < -0.39 is 88.3 Å². The average molecular weight is 551 g/mol. The summed E-state index contributed by atoms with van der Waals surface area (Å²) in [6.45, 7) is 6.39. The number of carbonyl (C=O) groups excluding carboxylic acids is 5. The Bertz CT molecular complexity index is 1180. The van der Waals surface area contributed by atoms with E-state index >= 15 is 0 Å². The molecule has 2 saturated heterocycles. The molecule has 2 aliphatic heterocycles. The van der Waals surface area contributed by atoms with Crippen LogP contribution in [0.1, 0.15) is 53.4 Å². The molecule has 4 fully saturated rings. The molecule has 10 atom stereocenters. The second kappa shape index (κ2) is 9.10. The minimum Gasteiger partial charge on any atom is -0.467 e. The van der Waals surface area contributed by atoms with E-state index in [-0.39, 0.29) is 38.0 Å². The van der Waals surface area contributed by atoms with E-state index in [1.807, 2.05) is 0 Å². The summed E-state index contributed by atoms with van der Waals surface area (Å²) in [5.41, 5.74) is -4.07. The molecule has 0 aromatic carbocycles. The van der Waals surface area contributed by atoms with Crippen molar-refractivity contribution in [1.82, 2.24) is 0 Å². The molecule has 6 unspecified atom stereocenters. The average Bonchev–Trinajstić information content (AvgIpc) is 3.21. The number of aliphatic hydroxyl groups excluding tert-OH is 2. The molecule has 2 bridgehead atoms. The number of allylic oxidation sites excluding steroid dienone is 2. The lowest BCUT2D eigenvalue weighted by Crippen LogP contribution is -2.79. The van der Waals surface area contributed by atoms with Crippen molar-refractivity contribution in [3.8, 4) is 0 Å². The molecule has 12 nitrogen and oxygen atoms in total. The maximum absolute atomic E-state index is 13.4. The van der Waals surface area contributed by atoms with Gasteiger partial charge in [-0.3, -0.25) is 14.4 Å². The van der Waals surface area contributed by atoms with Gasteiger partial charge in [0.05, 0.1) is 25.7 Å². The molecule has 2 N–H and O–H groups in total. The maximum Gasteiger partial charge on any atom is 0.348 e. The molecule has 39 heavy (non-hydrogen) atoms. The van der Waals surface area contributed by atoms with Crippen LogP contribution >= 0.6 is 0 Å². The summed E-state index contributed by atoms with van der Waals surface area (Å²) >= 11 is 0. The van der Waals surface area contributed by atoms with Crippen LogP contribution in [0.5, 0.6) is 0 Å². The fourth-order valence-electron chi connectivity index (χ4n) is 8.39. The molecule has 1 spiro atoms. The van der Waals surface area contributed by atoms with Crippen LogP contribution in [-0.4, -0.2) is 83.6 Å². The second-order valence-electron chi connectivity index (χ2n) is 11.5. The molecule has 0 amide bonds. The highest BCUT2D eigenvalue weighted by Crippen LogP contribution is 2.72. The maximum atomic E-state index is 13.4. The number of rotatable bonds is 5. The van der Waals surface area contributed by atoms with Gasteiger partial charge in [0.25, 0.3) is 0 Å². The second-order valence-corrected chi connectivity index (χ2v) is 11.5. The highest BCUT2D eigenvalue weighted by Gasteiger charge is 2.85. The zero-order valence-corrected chi connectivity index (χ0v) is 22.6. The minimum atomic E-state index is -2.21. The molecule has 2 heterocycles. The first-order valence-electron chi connectivity index (χ1n) is 13.3. The van der Waals surface area contributed by atoms with Crippen LogP contribution in [0.25, 0.3) is 0 Å². The van der Waals surface area contributed by atoms with Crippen LogP contribution < -0.4 is 0 Å². The molecule has 12 heteroatoms. The van der Waals surface area contributed by atoms with Crippen LogP contribution in [0.4, 0.5) is 0 Å². The molecule has 214 valence electrons. The van der Waals surface area contributed by atoms with Crippen molar-refractivity contribution in [3.63, 3.8) is 0 Å². The van der Waals surface area contributed by atoms with Crippen molar-refractivity contribution in [1.29, 1.82) is 0 Å². The number of methoxy groups -OCH3 is 1. The molecule has 0 radical (unpaired) electrons. The Labute approximate surface area is 224 Å². The third-order valence-electron chi connectivity index (χ3n) is 9.87. The summed E-state index contributed by atoms with van der Waals surface area (Å²) in [7, 11) is 1.09. The van der Waals surface area contributed by atoms with Crippen LogP contribution in [0.3, 0.4) is 0 Å². The van der Waals surface area contributed by atoms with Gasteiger partial charge in [0.1, 0.15) is 12.2 Å². The SMILES string of the molecule is CCC(=O)OC1=C(C)C2CC3OC(=O)C(OC(=O)CC)C4[C@]35CO[C@@]4(C(=O)OC)[C@@H](O)C(O)C5[C@@]2(C)CC1=O. The first-order chi connectivity index (χ1) is 18.3. The number of hydrogen-bond donors (Lipinski definition) is 2. The van der Waals surface area contributed by atoms with Gasteiger partial charge in [-0.25, -0.2) is 9.59 Å². The summed E-state index contributed by atoms with van der Waals surface area (Å²) in [6, 6.07) is 0. The molecule has 5 aliphatic rings. The van der Waals surface area contributed by atoms with Crippen LogP contribution in [0.2, 0.25) is 0 Å². The van der Waals surface area contributed by atoms with E-state index in [2.05, 4.69) is 0 Å². The van der Waals surface area contributed by atoms with E-state index in [0.29, 0.717) is 5.57 Å². The van der Waals surface area contributed by atoms with Gasteiger partial charge in [-0.05, 0) is 30.3 Å². The number of hydrogen-bond acceptors (Lipinski definition) is 12. The van der Waals surface area contributed by atoms with Gasteiger partial charge in [-0.1, -0.05) is 20.8 Å². The van der Waals surface area contributed by atoms with Crippen molar-refractivity contribution in [2.45, 2.75) is 83.4 Å². The smallest absolute Gasteiger partial charge is 0.348 e. The highest BCUT2D eigenvalue weighted by atomic mass is 16.6. The van der Waals surface area contributed by atoms with Crippen molar-refractivity contribution in [2.75, 3.05) is 13.7 Å². The molecule has 5 rings (SSSR count). The monoisotopic (exact) mass is 550 g/mol. The number of carbonyl (C=O) groups is 5. The van der Waals surface area contributed by atoms with Crippen molar-refractivity contribution in [3.05, 3.63) is 11.3 Å². The van der Waals surface area contributed by atoms with Gasteiger partial charge in [-0.2, -0.15) is 0 Å². The normalized spacial score (nSPS) is 44.1. The minimum absolute atomic E-state index is 0.0638. The van der Waals surface area contributed by atoms with Crippen molar-refractivity contribution in [2.24, 2.45) is 28.6 Å². The lowest BCUT2D eigenvalue weighted by Gasteiger charge is -2.67. The predicted octanol–water partition coefficient (Wildman–Crippen LogP) is 0.356. The van der Waals surface area contributed by atoms with Gasteiger partial charge in [-0.15, -0.1) is 0 Å². The topological polar surface area (TPSA) is 172 Å². The molecule has 0 aromatic heterocycles. The summed E-state index contributed by atoms with van der Waals surface area (Å²) < 4.78 is 27.9. The number of ether oxygens (including phenoxy) is 5. The summed E-state index contributed by atoms with van der Waals surface area (Å²) in [4.78, 5) is 64.6. The van der Waals surface area contributed by atoms with Crippen molar-refractivity contribution < 1.29 is 57.9 Å². The zero-order chi connectivity index (χ0) is 28.7. The van der Waals surface area contributed by atoms with Gasteiger partial charge < -0.3 is 33.9 Å². The van der Waals surface area contributed by atoms with Gasteiger partial charge in [0.15, 0.2) is 11.5 Å². The number of Topliss-reactive ketones (excluding diaryl/α,β-unsaturated/α-hetero) is 1. The largest absolute Gasteiger partial charge is 0.467 e. The quantitative estimate of drug-likeness (QED) is 0.356. The third-order valence-corrected chi connectivity index (χ3v) is 9.87. The summed E-state index contributed by atoms with van der Waals surface area (Å²) in [5, 5.41) is 23.3. The number of esters is 4. The Morgan fingerprint density at radius 3 is 2.36 bits per heavy atom. The van der Waals surface area contributed by atoms with E-state index in [0.717, 1.165) is 7.11 Å². The fourth-order valence-corrected chi connectivity index (χ4v) is 8.39. The van der Waals surface area contributed by atoms with E-state index in [1.54, 1.807) is 27.7 Å². The van der Waals surface area contributed by atoms with Crippen LogP contribution in [-0.2, 0) is 47.7 Å². The first kappa shape index (κ1) is 27.7. The first-order valence-corrected chi connectivity index (χ1v) is 13.3. The van der Waals surface area contributed by atoms with E-state index in [1.165, 1.54) is 0 Å². The number of ketones is 1. The Morgan fingerprint density at radius 2 is 1.74 bits per heavy atom. The van der Waals surface area contributed by atoms with Crippen molar-refractivity contribution >= 4 is 29.7 Å². The predicted molar refractivity (Wildman–Crippen MR) is 127 cm³/mol. The van der Waals surface area contributed by atoms with Gasteiger partial charge in [0, 0.05) is 30.6 Å². The zero-order valence-electron chi connectivity index (χ0n) is 22.6. The molecule has 3 aliphatic carbocycles. The molecule has 0 aromatic rings. The van der Waals surface area contributed by atoms with Gasteiger partial charge in [0.2, 0.25) is 11.7 Å². The molecular formula is C27H34O12. The lowest BCUT2D eigenvalue weighted by molar-refractivity contribution is -0.290. The molecular weight excluding hydrogens is 516 g/mol. The van der Waals surface area contributed by atoms with Crippen LogP contribution in [0, 0.1) is 28.6 Å². The number of aliphatic hydroxyl groups is 2. The highest BCUT2D eigenvalue weighted by molar-refractivity contribution is 5.98. The lowest BCUT2D eigenvalue weighted by atomic mass is 9.38.